The third-order valence-electron chi connectivity index (χ3n) is 5.07. The molecule has 1 aliphatic heterocycles. The highest BCUT2D eigenvalue weighted by atomic mass is 15.3. The number of hydrogen-bond donors (Lipinski definition) is 2. The van der Waals surface area contributed by atoms with Crippen LogP contribution < -0.4 is 15.5 Å². The van der Waals surface area contributed by atoms with Crippen molar-refractivity contribution in [3.63, 3.8) is 0 Å². The van der Waals surface area contributed by atoms with Crippen LogP contribution in [0.15, 0.2) is 78.0 Å². The number of guanidine groups is 1. The van der Waals surface area contributed by atoms with Crippen LogP contribution in [-0.4, -0.2) is 41.4 Å². The van der Waals surface area contributed by atoms with E-state index in [0.717, 1.165) is 43.3 Å². The second kappa shape index (κ2) is 9.28. The van der Waals surface area contributed by atoms with Gasteiger partial charge in [0.1, 0.15) is 0 Å². The van der Waals surface area contributed by atoms with Crippen LogP contribution in [0, 0.1) is 0 Å². The van der Waals surface area contributed by atoms with E-state index in [2.05, 4.69) is 57.9 Å². The largest absolute Gasteiger partial charge is 0.369 e. The minimum absolute atomic E-state index is 0.389. The molecule has 29 heavy (non-hydrogen) atoms. The zero-order valence-electron chi connectivity index (χ0n) is 16.8. The molecule has 0 bridgehead atoms. The number of benzene rings is 2. The smallest absolute Gasteiger partial charge is 0.191 e. The zero-order chi connectivity index (χ0) is 19.9. The Morgan fingerprint density at radius 2 is 1.79 bits per heavy atom. The fourth-order valence-corrected chi connectivity index (χ4v) is 3.60. The van der Waals surface area contributed by atoms with Crippen molar-refractivity contribution in [1.82, 2.24) is 20.4 Å². The summed E-state index contributed by atoms with van der Waals surface area (Å²) in [5.74, 6) is 0.861. The van der Waals surface area contributed by atoms with Gasteiger partial charge in [0.25, 0.3) is 0 Å². The number of nitrogens with zero attached hydrogens (tertiary/aromatic N) is 4. The molecule has 4 rings (SSSR count). The number of nitrogens with one attached hydrogen (secondary N) is 2. The molecule has 0 spiro atoms. The van der Waals surface area contributed by atoms with Gasteiger partial charge in [-0.3, -0.25) is 0 Å². The summed E-state index contributed by atoms with van der Waals surface area (Å²) in [5.41, 5.74) is 3.43. The van der Waals surface area contributed by atoms with Crippen LogP contribution in [0.25, 0.3) is 5.69 Å². The lowest BCUT2D eigenvalue weighted by molar-refractivity contribution is 0.649. The van der Waals surface area contributed by atoms with Crippen LogP contribution in [0.4, 0.5) is 5.69 Å². The molecule has 3 aromatic rings. The van der Waals surface area contributed by atoms with E-state index in [9.17, 15) is 0 Å². The summed E-state index contributed by atoms with van der Waals surface area (Å²) in [6.07, 6.45) is 5.02. The van der Waals surface area contributed by atoms with Crippen LogP contribution in [-0.2, 0) is 6.54 Å². The molecule has 1 fully saturated rings. The lowest BCUT2D eigenvalue weighted by Gasteiger charge is -2.20. The SMILES string of the molecule is CCNC(=NCc1cnn(-c2ccccc2)c1)NC1CCN(c2ccccc2)C1. The number of rotatable bonds is 6. The molecule has 0 amide bonds. The fourth-order valence-electron chi connectivity index (χ4n) is 3.60. The highest BCUT2D eigenvalue weighted by Gasteiger charge is 2.23. The van der Waals surface area contributed by atoms with Crippen molar-refractivity contribution in [2.75, 3.05) is 24.5 Å². The van der Waals surface area contributed by atoms with Gasteiger partial charge in [0.2, 0.25) is 0 Å². The number of hydrogen-bond acceptors (Lipinski definition) is 3. The van der Waals surface area contributed by atoms with Crippen molar-refractivity contribution in [2.45, 2.75) is 25.9 Å². The Balaban J connectivity index is 1.37. The standard InChI is InChI=1S/C23H28N6/c1-2-24-23(27-20-13-14-28(18-20)21-9-5-3-6-10-21)25-15-19-16-26-29(17-19)22-11-7-4-8-12-22/h3-12,16-17,20H,2,13-15,18H2,1H3,(H2,24,25,27). The molecule has 1 aliphatic rings. The van der Waals surface area contributed by atoms with E-state index in [1.807, 2.05) is 47.4 Å². The summed E-state index contributed by atoms with van der Waals surface area (Å²) >= 11 is 0. The average Bonchev–Trinajstić information content (AvgIpc) is 3.43. The van der Waals surface area contributed by atoms with Gasteiger partial charge in [0.15, 0.2) is 5.96 Å². The molecule has 6 heteroatoms. The minimum atomic E-state index is 0.389. The second-order valence-corrected chi connectivity index (χ2v) is 7.24. The molecule has 1 aromatic heterocycles. The van der Waals surface area contributed by atoms with Gasteiger partial charge in [-0.05, 0) is 37.6 Å². The predicted octanol–water partition coefficient (Wildman–Crippen LogP) is 3.21. The van der Waals surface area contributed by atoms with E-state index in [1.165, 1.54) is 5.69 Å². The Labute approximate surface area is 172 Å². The normalized spacial score (nSPS) is 16.8. The number of aromatic nitrogens is 2. The van der Waals surface area contributed by atoms with Gasteiger partial charge in [0, 0.05) is 43.1 Å². The molecular weight excluding hydrogens is 360 g/mol. The van der Waals surface area contributed by atoms with Crippen LogP contribution in [0.1, 0.15) is 18.9 Å². The van der Waals surface area contributed by atoms with Crippen molar-refractivity contribution in [3.05, 3.63) is 78.6 Å². The molecule has 1 unspecified atom stereocenters. The maximum absolute atomic E-state index is 4.77. The van der Waals surface area contributed by atoms with E-state index >= 15 is 0 Å². The van der Waals surface area contributed by atoms with E-state index in [4.69, 9.17) is 4.99 Å². The summed E-state index contributed by atoms with van der Waals surface area (Å²) in [4.78, 5) is 7.20. The first-order chi connectivity index (χ1) is 14.3. The van der Waals surface area contributed by atoms with Crippen molar-refractivity contribution < 1.29 is 0 Å². The Morgan fingerprint density at radius 1 is 1.07 bits per heavy atom. The minimum Gasteiger partial charge on any atom is -0.369 e. The van der Waals surface area contributed by atoms with E-state index < -0.39 is 0 Å². The number of aliphatic imine (C=N–C) groups is 1. The van der Waals surface area contributed by atoms with Crippen LogP contribution >= 0.6 is 0 Å². The van der Waals surface area contributed by atoms with Gasteiger partial charge in [-0.25, -0.2) is 9.67 Å². The molecule has 2 aromatic carbocycles. The van der Waals surface area contributed by atoms with Gasteiger partial charge in [-0.2, -0.15) is 5.10 Å². The summed E-state index contributed by atoms with van der Waals surface area (Å²) in [7, 11) is 0. The molecule has 6 nitrogen and oxygen atoms in total. The van der Waals surface area contributed by atoms with Crippen LogP contribution in [0.2, 0.25) is 0 Å². The summed E-state index contributed by atoms with van der Waals surface area (Å²) in [6.45, 7) is 5.57. The van der Waals surface area contributed by atoms with Crippen molar-refractivity contribution >= 4 is 11.6 Å². The molecule has 2 N–H and O–H groups in total. The highest BCUT2D eigenvalue weighted by molar-refractivity contribution is 5.80. The summed E-state index contributed by atoms with van der Waals surface area (Å²) in [6, 6.07) is 21.1. The Bertz CT molecular complexity index is 919. The van der Waals surface area contributed by atoms with Gasteiger partial charge < -0.3 is 15.5 Å². The first kappa shape index (κ1) is 19.1. The second-order valence-electron chi connectivity index (χ2n) is 7.24. The maximum Gasteiger partial charge on any atom is 0.191 e. The van der Waals surface area contributed by atoms with Crippen molar-refractivity contribution in [2.24, 2.45) is 4.99 Å². The number of para-hydroxylation sites is 2. The molecule has 2 heterocycles. The van der Waals surface area contributed by atoms with Gasteiger partial charge >= 0.3 is 0 Å². The first-order valence-electron chi connectivity index (χ1n) is 10.3. The number of anilines is 1. The third kappa shape index (κ3) is 4.96. The molecule has 150 valence electrons. The van der Waals surface area contributed by atoms with E-state index in [-0.39, 0.29) is 0 Å². The maximum atomic E-state index is 4.77. The van der Waals surface area contributed by atoms with Gasteiger partial charge in [-0.1, -0.05) is 36.4 Å². The zero-order valence-corrected chi connectivity index (χ0v) is 16.8. The molecule has 1 atom stereocenters. The fraction of sp³-hybridized carbons (Fsp3) is 0.304. The highest BCUT2D eigenvalue weighted by Crippen LogP contribution is 2.19. The van der Waals surface area contributed by atoms with Gasteiger partial charge in [-0.15, -0.1) is 0 Å². The Morgan fingerprint density at radius 3 is 2.52 bits per heavy atom. The lowest BCUT2D eigenvalue weighted by atomic mass is 10.2. The average molecular weight is 389 g/mol. The Hall–Kier alpha value is -3.28. The molecule has 0 saturated carbocycles. The molecule has 1 saturated heterocycles. The Kier molecular flexibility index (Phi) is 6.10. The predicted molar refractivity (Wildman–Crippen MR) is 119 cm³/mol. The summed E-state index contributed by atoms with van der Waals surface area (Å²) in [5, 5.41) is 11.4. The van der Waals surface area contributed by atoms with Crippen molar-refractivity contribution in [1.29, 1.82) is 0 Å². The van der Waals surface area contributed by atoms with Crippen LogP contribution in [0.5, 0.6) is 0 Å². The molecular formula is C23H28N6. The summed E-state index contributed by atoms with van der Waals surface area (Å²) < 4.78 is 1.89. The first-order valence-corrected chi connectivity index (χ1v) is 10.3. The van der Waals surface area contributed by atoms with Crippen molar-refractivity contribution in [3.8, 4) is 5.69 Å². The lowest BCUT2D eigenvalue weighted by Crippen LogP contribution is -2.44. The van der Waals surface area contributed by atoms with Gasteiger partial charge in [0.05, 0.1) is 18.4 Å². The van der Waals surface area contributed by atoms with Crippen LogP contribution in [0.3, 0.4) is 0 Å². The van der Waals surface area contributed by atoms with E-state index in [1.54, 1.807) is 0 Å². The quantitative estimate of drug-likeness (QED) is 0.503. The molecule has 0 aliphatic carbocycles. The topological polar surface area (TPSA) is 57.5 Å². The monoisotopic (exact) mass is 388 g/mol. The van der Waals surface area contributed by atoms with E-state index in [0.29, 0.717) is 12.6 Å². The molecule has 0 radical (unpaired) electrons. The third-order valence-corrected chi connectivity index (χ3v) is 5.07.